The number of nitrogens with two attached hydrogens (primary N) is 1. The van der Waals surface area contributed by atoms with E-state index in [-0.39, 0.29) is 11.5 Å². The molecular formula is C27H26N6O3. The maximum atomic E-state index is 12.8. The number of hydrogen-bond donors (Lipinski definition) is 3. The van der Waals surface area contributed by atoms with Crippen molar-refractivity contribution in [3.05, 3.63) is 82.5 Å². The molecule has 0 unspecified atom stereocenters. The zero-order chi connectivity index (χ0) is 25.4. The number of carbonyl (C=O) groups excluding carboxylic acids is 2. The molecule has 0 spiro atoms. The molecule has 0 radical (unpaired) electrons. The lowest BCUT2D eigenvalue weighted by Crippen LogP contribution is -2.15. The first-order valence-electron chi connectivity index (χ1n) is 11.5. The van der Waals surface area contributed by atoms with Gasteiger partial charge in [0, 0.05) is 29.1 Å². The third-order valence-corrected chi connectivity index (χ3v) is 6.15. The molecule has 0 fully saturated rings. The number of pyridine rings is 1. The Morgan fingerprint density at radius 1 is 1.11 bits per heavy atom. The summed E-state index contributed by atoms with van der Waals surface area (Å²) in [6, 6.07) is 16.5. The number of anilines is 3. The number of nitrogens with one attached hydrogen (secondary N) is 2. The van der Waals surface area contributed by atoms with E-state index in [1.165, 1.54) is 7.11 Å². The molecule has 1 aliphatic rings. The second-order valence-electron chi connectivity index (χ2n) is 8.73. The molecule has 9 nitrogen and oxygen atoms in total. The quantitative estimate of drug-likeness (QED) is 0.391. The molecule has 0 aliphatic carbocycles. The van der Waals surface area contributed by atoms with Crippen LogP contribution in [-0.2, 0) is 13.0 Å². The van der Waals surface area contributed by atoms with E-state index in [2.05, 4.69) is 21.7 Å². The predicted molar refractivity (Wildman–Crippen MR) is 138 cm³/mol. The van der Waals surface area contributed by atoms with Gasteiger partial charge in [0.2, 0.25) is 0 Å². The highest BCUT2D eigenvalue weighted by atomic mass is 16.5. The van der Waals surface area contributed by atoms with Crippen LogP contribution in [-0.4, -0.2) is 33.7 Å². The fraction of sp³-hybridized carbons (Fsp3) is 0.185. The molecule has 0 atom stereocenters. The maximum Gasteiger partial charge on any atom is 0.256 e. The van der Waals surface area contributed by atoms with Crippen molar-refractivity contribution < 1.29 is 14.3 Å². The lowest BCUT2D eigenvalue weighted by Gasteiger charge is -2.12. The van der Waals surface area contributed by atoms with Gasteiger partial charge in [0.1, 0.15) is 28.6 Å². The highest BCUT2D eigenvalue weighted by Crippen LogP contribution is 2.38. The van der Waals surface area contributed by atoms with Crippen molar-refractivity contribution in [2.75, 3.05) is 17.7 Å². The number of aryl methyl sites for hydroxylation is 4. The normalized spacial score (nSPS) is 12.1. The number of nitrogens with zero attached hydrogens (tertiary/aromatic N) is 3. The number of ether oxygens (including phenoxy) is 1. The number of primary amides is 1. The van der Waals surface area contributed by atoms with Crippen molar-refractivity contribution in [1.29, 1.82) is 0 Å². The van der Waals surface area contributed by atoms with E-state index in [9.17, 15) is 9.59 Å². The molecule has 2 aromatic heterocycles. The Hall–Kier alpha value is -4.66. The van der Waals surface area contributed by atoms with Gasteiger partial charge in [0.15, 0.2) is 0 Å². The first kappa shape index (κ1) is 23.1. The van der Waals surface area contributed by atoms with E-state index >= 15 is 0 Å². The predicted octanol–water partition coefficient (Wildman–Crippen LogP) is 4.22. The molecule has 0 saturated heterocycles. The molecule has 4 aromatic rings. The summed E-state index contributed by atoms with van der Waals surface area (Å²) in [7, 11) is 1.50. The zero-order valence-corrected chi connectivity index (χ0v) is 20.3. The summed E-state index contributed by atoms with van der Waals surface area (Å²) in [4.78, 5) is 29.8. The largest absolute Gasteiger partial charge is 0.496 e. The number of aromatic nitrogens is 3. The molecule has 2 aromatic carbocycles. The van der Waals surface area contributed by atoms with Gasteiger partial charge in [0.05, 0.1) is 7.11 Å². The standard InChI is InChI=1S/C27H26N6O3/c1-15-7-10-20-17(13-15)11-12-33-26(30-20)23(25(28)34)24(32-33)19-9-8-18(14-21(19)36-3)27(35)31-22-6-4-5-16(2)29-22/h4-10,13-14,30H,11-12H2,1-3H3,(H2,28,34)(H,29,31,35). The SMILES string of the molecule is COc1cc(C(=O)Nc2cccc(C)n2)ccc1-c1nn2c(c1C(N)=O)Nc1ccc(C)cc1CC2. The second kappa shape index (κ2) is 9.18. The molecule has 36 heavy (non-hydrogen) atoms. The Balaban J connectivity index is 1.53. The van der Waals surface area contributed by atoms with E-state index in [1.807, 2.05) is 38.1 Å². The summed E-state index contributed by atoms with van der Waals surface area (Å²) < 4.78 is 7.36. The molecule has 0 saturated carbocycles. The van der Waals surface area contributed by atoms with Crippen molar-refractivity contribution in [3.8, 4) is 17.0 Å². The Morgan fingerprint density at radius 3 is 2.69 bits per heavy atom. The van der Waals surface area contributed by atoms with Crippen molar-refractivity contribution in [3.63, 3.8) is 0 Å². The average molecular weight is 483 g/mol. The van der Waals surface area contributed by atoms with Gasteiger partial charge >= 0.3 is 0 Å². The van der Waals surface area contributed by atoms with Gasteiger partial charge in [-0.05, 0) is 62.2 Å². The van der Waals surface area contributed by atoms with Gasteiger partial charge in [-0.15, -0.1) is 0 Å². The second-order valence-corrected chi connectivity index (χ2v) is 8.73. The lowest BCUT2D eigenvalue weighted by atomic mass is 10.0. The van der Waals surface area contributed by atoms with Crippen LogP contribution in [0.3, 0.4) is 0 Å². The minimum Gasteiger partial charge on any atom is -0.496 e. The molecule has 0 bridgehead atoms. The number of fused-ring (bicyclic) bond motifs is 2. The fourth-order valence-electron chi connectivity index (χ4n) is 4.41. The highest BCUT2D eigenvalue weighted by Gasteiger charge is 2.28. The molecule has 1 aliphatic heterocycles. The first-order chi connectivity index (χ1) is 17.3. The van der Waals surface area contributed by atoms with E-state index < -0.39 is 5.91 Å². The number of methoxy groups -OCH3 is 1. The van der Waals surface area contributed by atoms with Crippen molar-refractivity contribution in [2.24, 2.45) is 5.73 Å². The molecule has 3 heterocycles. The van der Waals surface area contributed by atoms with Gasteiger partial charge in [-0.2, -0.15) is 5.10 Å². The Bertz CT molecular complexity index is 1510. The van der Waals surface area contributed by atoms with Crippen LogP contribution in [0.2, 0.25) is 0 Å². The summed E-state index contributed by atoms with van der Waals surface area (Å²) in [5, 5.41) is 10.9. The summed E-state index contributed by atoms with van der Waals surface area (Å²) in [5.74, 6) is 0.450. The van der Waals surface area contributed by atoms with Crippen molar-refractivity contribution in [1.82, 2.24) is 14.8 Å². The van der Waals surface area contributed by atoms with E-state index in [1.54, 1.807) is 28.9 Å². The third kappa shape index (κ3) is 4.26. The highest BCUT2D eigenvalue weighted by molar-refractivity contribution is 6.07. The van der Waals surface area contributed by atoms with Crippen LogP contribution >= 0.6 is 0 Å². The maximum absolute atomic E-state index is 12.8. The van der Waals surface area contributed by atoms with Crippen LogP contribution in [0.4, 0.5) is 17.3 Å². The molecule has 5 rings (SSSR count). The van der Waals surface area contributed by atoms with Crippen LogP contribution < -0.4 is 21.1 Å². The van der Waals surface area contributed by atoms with Crippen molar-refractivity contribution >= 4 is 29.1 Å². The monoisotopic (exact) mass is 482 g/mol. The summed E-state index contributed by atoms with van der Waals surface area (Å²) in [6.45, 7) is 4.47. The first-order valence-corrected chi connectivity index (χ1v) is 11.5. The fourth-order valence-corrected chi connectivity index (χ4v) is 4.41. The lowest BCUT2D eigenvalue weighted by molar-refractivity contribution is 0.0998. The Labute approximate surface area is 208 Å². The number of benzene rings is 2. The number of rotatable bonds is 5. The van der Waals surface area contributed by atoms with E-state index in [0.717, 1.165) is 28.9 Å². The average Bonchev–Trinajstić information content (AvgIpc) is 3.12. The summed E-state index contributed by atoms with van der Waals surface area (Å²) >= 11 is 0. The Kier molecular flexibility index (Phi) is 5.89. The van der Waals surface area contributed by atoms with Crippen molar-refractivity contribution in [2.45, 2.75) is 26.8 Å². The summed E-state index contributed by atoms with van der Waals surface area (Å²) in [6.07, 6.45) is 0.750. The number of amides is 2. The van der Waals surface area contributed by atoms with Gasteiger partial charge in [-0.3, -0.25) is 9.59 Å². The smallest absolute Gasteiger partial charge is 0.256 e. The zero-order valence-electron chi connectivity index (χ0n) is 20.3. The van der Waals surface area contributed by atoms with Crippen LogP contribution in [0.25, 0.3) is 11.3 Å². The Morgan fingerprint density at radius 2 is 1.94 bits per heavy atom. The van der Waals surface area contributed by atoms with Crippen LogP contribution in [0.1, 0.15) is 37.5 Å². The minimum absolute atomic E-state index is 0.267. The molecule has 4 N–H and O–H groups in total. The molecule has 2 amide bonds. The van der Waals surface area contributed by atoms with Crippen LogP contribution in [0, 0.1) is 13.8 Å². The number of hydrogen-bond acceptors (Lipinski definition) is 6. The van der Waals surface area contributed by atoms with Crippen LogP contribution in [0.15, 0.2) is 54.6 Å². The van der Waals surface area contributed by atoms with Gasteiger partial charge in [0.25, 0.3) is 11.8 Å². The molecule has 182 valence electrons. The van der Waals surface area contributed by atoms with Gasteiger partial charge in [-0.1, -0.05) is 23.8 Å². The third-order valence-electron chi connectivity index (χ3n) is 6.15. The molecule has 9 heteroatoms. The van der Waals surface area contributed by atoms with E-state index in [4.69, 9.17) is 15.6 Å². The minimum atomic E-state index is -0.608. The van der Waals surface area contributed by atoms with E-state index in [0.29, 0.717) is 40.8 Å². The summed E-state index contributed by atoms with van der Waals surface area (Å²) in [5.41, 5.74) is 11.5. The topological polar surface area (TPSA) is 124 Å². The molecular weight excluding hydrogens is 456 g/mol. The number of carbonyl (C=O) groups is 2. The van der Waals surface area contributed by atoms with Crippen LogP contribution in [0.5, 0.6) is 5.75 Å². The van der Waals surface area contributed by atoms with Gasteiger partial charge < -0.3 is 21.1 Å². The van der Waals surface area contributed by atoms with Gasteiger partial charge in [-0.25, -0.2) is 9.67 Å².